The number of piperidine rings is 1. The molecule has 1 aromatic carbocycles. The summed E-state index contributed by atoms with van der Waals surface area (Å²) >= 11 is 1.75. The molecule has 1 amide bonds. The summed E-state index contributed by atoms with van der Waals surface area (Å²) in [5, 5.41) is 12.0. The highest BCUT2D eigenvalue weighted by atomic mass is 32.2. The Labute approximate surface area is 176 Å². The Hall–Kier alpha value is -2.98. The number of rotatable bonds is 3. The number of hydrogen-bond acceptors (Lipinski definition) is 6. The van der Waals surface area contributed by atoms with Gasteiger partial charge in [0.15, 0.2) is 0 Å². The van der Waals surface area contributed by atoms with Crippen molar-refractivity contribution in [1.82, 2.24) is 4.98 Å². The lowest BCUT2D eigenvalue weighted by atomic mass is 10.1. The fraction of sp³-hybridized carbons (Fsp3) is 0.318. The normalized spacial score (nSPS) is 18.0. The quantitative estimate of drug-likeness (QED) is 0.822. The molecule has 4 rings (SSSR count). The second-order valence-corrected chi connectivity index (χ2v) is 7.92. The number of anilines is 2. The van der Waals surface area contributed by atoms with Crippen LogP contribution < -0.4 is 15.5 Å². The summed E-state index contributed by atoms with van der Waals surface area (Å²) in [4.78, 5) is 17.9. The average Bonchev–Trinajstić information content (AvgIpc) is 3.24. The summed E-state index contributed by atoms with van der Waals surface area (Å²) in [6, 6.07) is 12.8. The van der Waals surface area contributed by atoms with Crippen molar-refractivity contribution in [3.63, 3.8) is 0 Å². The molecular weight excluding hydrogens is 382 g/mol. The van der Waals surface area contributed by atoms with Crippen LogP contribution in [-0.2, 0) is 4.79 Å². The standard InChI is InChI=1S/C20H20N4S.C2H5NO/c21-15-17-14-18(23-10-2-1-3-11-23)4-5-19(17)24-12-13-25-20(24)16-6-8-22-9-7-16;1-2(3)4/h4-9,12-14,20H,1-3,10-11H2;1H3,(H2,3,4). The molecule has 1 fully saturated rings. The number of nitriles is 1. The first kappa shape index (κ1) is 20.7. The van der Waals surface area contributed by atoms with Crippen molar-refractivity contribution >= 4 is 29.0 Å². The number of primary amides is 1. The zero-order chi connectivity index (χ0) is 20.6. The van der Waals surface area contributed by atoms with E-state index in [-0.39, 0.29) is 11.3 Å². The van der Waals surface area contributed by atoms with Crippen molar-refractivity contribution in [2.45, 2.75) is 31.6 Å². The van der Waals surface area contributed by atoms with Crippen molar-refractivity contribution in [3.8, 4) is 6.07 Å². The van der Waals surface area contributed by atoms with Crippen LogP contribution in [0.25, 0.3) is 0 Å². The van der Waals surface area contributed by atoms with Gasteiger partial charge >= 0.3 is 0 Å². The molecule has 1 atom stereocenters. The van der Waals surface area contributed by atoms with Gasteiger partial charge in [0.2, 0.25) is 5.91 Å². The Bertz CT molecular complexity index is 899. The summed E-state index contributed by atoms with van der Waals surface area (Å²) in [6.07, 6.45) is 9.47. The minimum Gasteiger partial charge on any atom is -0.371 e. The number of nitrogens with zero attached hydrogens (tertiary/aromatic N) is 4. The number of aromatic nitrogens is 1. The van der Waals surface area contributed by atoms with E-state index >= 15 is 0 Å². The van der Waals surface area contributed by atoms with E-state index in [1.165, 1.54) is 31.7 Å². The molecular formula is C22H25N5OS. The van der Waals surface area contributed by atoms with Crippen molar-refractivity contribution in [2.24, 2.45) is 5.73 Å². The fourth-order valence-corrected chi connectivity index (χ4v) is 4.46. The third-order valence-electron chi connectivity index (χ3n) is 4.77. The van der Waals surface area contributed by atoms with Gasteiger partial charge in [-0.1, -0.05) is 0 Å². The van der Waals surface area contributed by atoms with Gasteiger partial charge in [0.25, 0.3) is 0 Å². The number of nitrogens with two attached hydrogens (primary N) is 1. The number of carbonyl (C=O) groups is 1. The maximum atomic E-state index is 9.72. The van der Waals surface area contributed by atoms with E-state index in [1.807, 2.05) is 30.6 Å². The number of benzene rings is 1. The van der Waals surface area contributed by atoms with Gasteiger partial charge in [-0.05, 0) is 60.6 Å². The first-order chi connectivity index (χ1) is 14.1. The number of amides is 1. The summed E-state index contributed by atoms with van der Waals surface area (Å²) in [5.74, 6) is -0.333. The number of pyridine rings is 1. The van der Waals surface area contributed by atoms with Crippen LogP contribution in [0.1, 0.15) is 42.7 Å². The molecule has 0 aliphatic carbocycles. The topological polar surface area (TPSA) is 86.2 Å². The highest BCUT2D eigenvalue weighted by Crippen LogP contribution is 2.43. The number of thioether (sulfide) groups is 1. The van der Waals surface area contributed by atoms with Gasteiger partial charge < -0.3 is 15.5 Å². The molecule has 7 heteroatoms. The van der Waals surface area contributed by atoms with Crippen molar-refractivity contribution in [3.05, 3.63) is 65.5 Å². The zero-order valence-electron chi connectivity index (χ0n) is 16.5. The van der Waals surface area contributed by atoms with E-state index in [4.69, 9.17) is 0 Å². The van der Waals surface area contributed by atoms with Crippen LogP contribution in [0.3, 0.4) is 0 Å². The molecule has 2 aliphatic heterocycles. The second-order valence-electron chi connectivity index (χ2n) is 6.93. The van der Waals surface area contributed by atoms with Gasteiger partial charge in [-0.15, -0.1) is 11.8 Å². The van der Waals surface area contributed by atoms with Crippen molar-refractivity contribution < 1.29 is 4.79 Å². The fourth-order valence-electron chi connectivity index (χ4n) is 3.48. The van der Waals surface area contributed by atoms with Crippen LogP contribution in [0.15, 0.2) is 54.3 Å². The SMILES string of the molecule is CC(N)=O.N#Cc1cc(N2CCCCC2)ccc1N1C=CSC1c1ccncc1. The highest BCUT2D eigenvalue weighted by molar-refractivity contribution is 8.02. The van der Waals surface area contributed by atoms with E-state index < -0.39 is 0 Å². The Morgan fingerprint density at radius 2 is 1.90 bits per heavy atom. The molecule has 1 unspecified atom stereocenters. The van der Waals surface area contributed by atoms with Crippen LogP contribution >= 0.6 is 11.8 Å². The smallest absolute Gasteiger partial charge is 0.214 e. The average molecular weight is 408 g/mol. The predicted molar refractivity (Wildman–Crippen MR) is 118 cm³/mol. The van der Waals surface area contributed by atoms with E-state index in [1.54, 1.807) is 11.8 Å². The van der Waals surface area contributed by atoms with Crippen molar-refractivity contribution in [1.29, 1.82) is 5.26 Å². The third-order valence-corrected chi connectivity index (χ3v) is 5.81. The molecule has 1 aromatic heterocycles. The minimum absolute atomic E-state index is 0.149. The summed E-state index contributed by atoms with van der Waals surface area (Å²) < 4.78 is 0. The monoisotopic (exact) mass is 407 g/mol. The number of hydrogen-bond donors (Lipinski definition) is 1. The number of carbonyl (C=O) groups excluding carboxylic acids is 1. The van der Waals surface area contributed by atoms with Crippen molar-refractivity contribution in [2.75, 3.05) is 22.9 Å². The molecule has 150 valence electrons. The van der Waals surface area contributed by atoms with Gasteiger partial charge in [-0.25, -0.2) is 0 Å². The van der Waals surface area contributed by atoms with E-state index in [9.17, 15) is 10.1 Å². The maximum Gasteiger partial charge on any atom is 0.214 e. The predicted octanol–water partition coefficient (Wildman–Crippen LogP) is 4.16. The first-order valence-corrected chi connectivity index (χ1v) is 10.6. The molecule has 0 saturated carbocycles. The molecule has 6 nitrogen and oxygen atoms in total. The lowest BCUT2D eigenvalue weighted by Gasteiger charge is -2.30. The van der Waals surface area contributed by atoms with Crippen LogP contribution in [0.5, 0.6) is 0 Å². The maximum absolute atomic E-state index is 9.72. The Morgan fingerprint density at radius 3 is 2.55 bits per heavy atom. The summed E-state index contributed by atoms with van der Waals surface area (Å²) in [7, 11) is 0. The molecule has 2 N–H and O–H groups in total. The Morgan fingerprint density at radius 1 is 1.21 bits per heavy atom. The van der Waals surface area contributed by atoms with Crippen LogP contribution in [0.4, 0.5) is 11.4 Å². The van der Waals surface area contributed by atoms with Gasteiger partial charge in [0, 0.05) is 44.3 Å². The van der Waals surface area contributed by atoms with E-state index in [2.05, 4.69) is 50.3 Å². The van der Waals surface area contributed by atoms with Gasteiger partial charge in [0.05, 0.1) is 11.3 Å². The van der Waals surface area contributed by atoms with Gasteiger partial charge in [0.1, 0.15) is 11.4 Å². The lowest BCUT2D eigenvalue weighted by Crippen LogP contribution is -2.29. The Balaban J connectivity index is 0.000000552. The molecule has 2 aliphatic rings. The van der Waals surface area contributed by atoms with Gasteiger partial charge in [-0.2, -0.15) is 5.26 Å². The molecule has 29 heavy (non-hydrogen) atoms. The van der Waals surface area contributed by atoms with E-state index in [0.29, 0.717) is 0 Å². The first-order valence-electron chi connectivity index (χ1n) is 9.65. The minimum atomic E-state index is -0.333. The highest BCUT2D eigenvalue weighted by Gasteiger charge is 2.25. The van der Waals surface area contributed by atoms with Crippen LogP contribution in [0.2, 0.25) is 0 Å². The molecule has 3 heterocycles. The molecule has 0 spiro atoms. The lowest BCUT2D eigenvalue weighted by molar-refractivity contribution is -0.115. The van der Waals surface area contributed by atoms with Gasteiger partial charge in [-0.3, -0.25) is 9.78 Å². The molecule has 0 bridgehead atoms. The summed E-state index contributed by atoms with van der Waals surface area (Å²) in [5.41, 5.74) is 8.52. The summed E-state index contributed by atoms with van der Waals surface area (Å²) in [6.45, 7) is 3.48. The third kappa shape index (κ3) is 5.30. The zero-order valence-corrected chi connectivity index (χ0v) is 17.3. The molecule has 1 saturated heterocycles. The second kappa shape index (κ2) is 9.99. The molecule has 2 aromatic rings. The molecule has 0 radical (unpaired) electrons. The van der Waals surface area contributed by atoms with E-state index in [0.717, 1.165) is 30.0 Å². The van der Waals surface area contributed by atoms with Crippen LogP contribution in [-0.4, -0.2) is 24.0 Å². The Kier molecular flexibility index (Phi) is 7.14. The van der Waals surface area contributed by atoms with Crippen LogP contribution in [0, 0.1) is 11.3 Å². The largest absolute Gasteiger partial charge is 0.371 e.